The van der Waals surface area contributed by atoms with E-state index in [9.17, 15) is 9.59 Å². The van der Waals surface area contributed by atoms with Crippen LogP contribution in [-0.2, 0) is 16.1 Å². The van der Waals surface area contributed by atoms with Crippen LogP contribution in [0, 0.1) is 6.92 Å². The highest BCUT2D eigenvalue weighted by Crippen LogP contribution is 2.40. The highest BCUT2D eigenvalue weighted by molar-refractivity contribution is 9.10. The molecule has 1 aliphatic rings. The minimum atomic E-state index is -0.488. The van der Waals surface area contributed by atoms with E-state index in [1.54, 1.807) is 38.3 Å². The van der Waals surface area contributed by atoms with Crippen LogP contribution in [0.2, 0.25) is 0 Å². The highest BCUT2D eigenvalue weighted by Gasteiger charge is 2.30. The number of allylic oxidation sites excluding steroid dienone is 1. The van der Waals surface area contributed by atoms with E-state index in [2.05, 4.69) is 15.9 Å². The molecule has 0 N–H and O–H groups in total. The van der Waals surface area contributed by atoms with Gasteiger partial charge in [0, 0.05) is 15.6 Å². The summed E-state index contributed by atoms with van der Waals surface area (Å²) in [5.74, 6) is 0.939. The van der Waals surface area contributed by atoms with Gasteiger partial charge in [-0.05, 0) is 48.9 Å². The van der Waals surface area contributed by atoms with E-state index >= 15 is 0 Å². The molecule has 168 valence electrons. The maximum atomic E-state index is 12.9. The monoisotopic (exact) mass is 508 g/mol. The van der Waals surface area contributed by atoms with Crippen molar-refractivity contribution in [3.05, 3.63) is 93.1 Å². The van der Waals surface area contributed by atoms with Gasteiger partial charge in [-0.3, -0.25) is 4.79 Å². The Hall–Kier alpha value is -3.58. The van der Waals surface area contributed by atoms with E-state index in [4.69, 9.17) is 18.9 Å². The summed E-state index contributed by atoms with van der Waals surface area (Å²) in [6.07, 6.45) is 1.65. The Morgan fingerprint density at radius 1 is 1.06 bits per heavy atom. The van der Waals surface area contributed by atoms with Crippen molar-refractivity contribution in [3.8, 4) is 17.2 Å². The molecule has 3 aromatic carbocycles. The molecule has 0 saturated carbocycles. The first kappa shape index (κ1) is 22.6. The SMILES string of the molecule is COc1ccc(Br)cc1/C=C1\Oc2c(ccc(OCC(=O)OCc3ccccc3)c2C)C1=O. The molecule has 0 saturated heterocycles. The van der Waals surface area contributed by atoms with Gasteiger partial charge in [0.2, 0.25) is 5.78 Å². The van der Waals surface area contributed by atoms with Gasteiger partial charge in [-0.25, -0.2) is 4.79 Å². The van der Waals surface area contributed by atoms with Crippen LogP contribution in [-0.4, -0.2) is 25.5 Å². The molecule has 6 nitrogen and oxygen atoms in total. The Morgan fingerprint density at radius 2 is 1.82 bits per heavy atom. The second-order valence-electron chi connectivity index (χ2n) is 7.33. The number of hydrogen-bond donors (Lipinski definition) is 0. The predicted octanol–water partition coefficient (Wildman–Crippen LogP) is 5.50. The molecular weight excluding hydrogens is 488 g/mol. The molecule has 0 amide bonds. The number of Topliss-reactive ketones (excluding diaryl/α,β-unsaturated/α-hetero) is 1. The zero-order valence-corrected chi connectivity index (χ0v) is 19.7. The summed E-state index contributed by atoms with van der Waals surface area (Å²) in [5, 5.41) is 0. The average molecular weight is 509 g/mol. The molecule has 0 spiro atoms. The van der Waals surface area contributed by atoms with Gasteiger partial charge < -0.3 is 18.9 Å². The summed E-state index contributed by atoms with van der Waals surface area (Å²) in [5.41, 5.74) is 2.67. The lowest BCUT2D eigenvalue weighted by atomic mass is 10.1. The highest BCUT2D eigenvalue weighted by atomic mass is 79.9. The molecule has 4 rings (SSSR count). The van der Waals surface area contributed by atoms with Crippen LogP contribution >= 0.6 is 15.9 Å². The first-order chi connectivity index (χ1) is 16.0. The van der Waals surface area contributed by atoms with Gasteiger partial charge in [0.1, 0.15) is 23.9 Å². The number of esters is 1. The lowest BCUT2D eigenvalue weighted by Crippen LogP contribution is -2.15. The molecule has 1 aliphatic heterocycles. The van der Waals surface area contributed by atoms with Crippen molar-refractivity contribution in [2.75, 3.05) is 13.7 Å². The first-order valence-electron chi connectivity index (χ1n) is 10.2. The molecule has 7 heteroatoms. The van der Waals surface area contributed by atoms with Crippen molar-refractivity contribution in [2.24, 2.45) is 0 Å². The van der Waals surface area contributed by atoms with E-state index < -0.39 is 5.97 Å². The maximum Gasteiger partial charge on any atom is 0.344 e. The quantitative estimate of drug-likeness (QED) is 0.309. The zero-order valence-electron chi connectivity index (χ0n) is 18.1. The third-order valence-corrected chi connectivity index (χ3v) is 5.60. The number of fused-ring (bicyclic) bond motifs is 1. The van der Waals surface area contributed by atoms with Crippen LogP contribution in [0.3, 0.4) is 0 Å². The maximum absolute atomic E-state index is 12.9. The summed E-state index contributed by atoms with van der Waals surface area (Å²) in [7, 11) is 1.57. The van der Waals surface area contributed by atoms with Crippen LogP contribution in [0.5, 0.6) is 17.2 Å². The fourth-order valence-corrected chi connectivity index (χ4v) is 3.78. The van der Waals surface area contributed by atoms with Gasteiger partial charge in [0.15, 0.2) is 12.4 Å². The van der Waals surface area contributed by atoms with Crippen LogP contribution in [0.25, 0.3) is 6.08 Å². The van der Waals surface area contributed by atoms with Crippen LogP contribution < -0.4 is 14.2 Å². The number of carbonyl (C=O) groups is 2. The van der Waals surface area contributed by atoms with E-state index in [1.807, 2.05) is 42.5 Å². The molecular formula is C26H21BrO6. The third-order valence-electron chi connectivity index (χ3n) is 5.10. The topological polar surface area (TPSA) is 71.1 Å². The Morgan fingerprint density at radius 3 is 2.58 bits per heavy atom. The van der Waals surface area contributed by atoms with Crippen LogP contribution in [0.15, 0.2) is 70.9 Å². The fraction of sp³-hybridized carbons (Fsp3) is 0.154. The summed E-state index contributed by atoms with van der Waals surface area (Å²) >= 11 is 3.43. The number of carbonyl (C=O) groups excluding carboxylic acids is 2. The summed E-state index contributed by atoms with van der Waals surface area (Å²) < 4.78 is 23.0. The van der Waals surface area contributed by atoms with E-state index in [0.29, 0.717) is 33.9 Å². The number of hydrogen-bond acceptors (Lipinski definition) is 6. The normalized spacial score (nSPS) is 13.4. The van der Waals surface area contributed by atoms with Gasteiger partial charge >= 0.3 is 5.97 Å². The molecule has 0 atom stereocenters. The Kier molecular flexibility index (Phi) is 6.79. The van der Waals surface area contributed by atoms with E-state index in [-0.39, 0.29) is 24.8 Å². The van der Waals surface area contributed by atoms with E-state index in [0.717, 1.165) is 10.0 Å². The lowest BCUT2D eigenvalue weighted by molar-refractivity contribution is -0.147. The van der Waals surface area contributed by atoms with Crippen LogP contribution in [0.4, 0.5) is 0 Å². The molecule has 33 heavy (non-hydrogen) atoms. The van der Waals surface area contributed by atoms with Crippen molar-refractivity contribution in [2.45, 2.75) is 13.5 Å². The molecule has 1 heterocycles. The van der Waals surface area contributed by atoms with Gasteiger partial charge in [0.05, 0.1) is 12.7 Å². The minimum absolute atomic E-state index is 0.178. The molecule has 0 aromatic heterocycles. The molecule has 0 aliphatic carbocycles. The Bertz CT molecular complexity index is 1230. The predicted molar refractivity (Wildman–Crippen MR) is 127 cm³/mol. The molecule has 0 bridgehead atoms. The molecule has 0 unspecified atom stereocenters. The largest absolute Gasteiger partial charge is 0.496 e. The molecule has 0 radical (unpaired) electrons. The number of rotatable bonds is 7. The van der Waals surface area contributed by atoms with Crippen LogP contribution in [0.1, 0.15) is 27.0 Å². The third kappa shape index (κ3) is 5.09. The van der Waals surface area contributed by atoms with E-state index in [1.165, 1.54) is 0 Å². The molecule has 0 fully saturated rings. The summed E-state index contributed by atoms with van der Waals surface area (Å²) in [4.78, 5) is 24.9. The summed E-state index contributed by atoms with van der Waals surface area (Å²) in [6.45, 7) is 1.70. The second-order valence-corrected chi connectivity index (χ2v) is 8.24. The van der Waals surface area contributed by atoms with Crippen molar-refractivity contribution >= 4 is 33.8 Å². The number of ether oxygens (including phenoxy) is 4. The Labute approximate surface area is 199 Å². The number of ketones is 1. The van der Waals surface area contributed by atoms with Gasteiger partial charge in [-0.2, -0.15) is 0 Å². The standard InChI is InChI=1S/C26H21BrO6/c1-16-21(31-15-24(28)32-14-17-6-4-3-5-7-17)11-9-20-25(29)23(33-26(16)20)13-18-12-19(27)8-10-22(18)30-2/h3-13H,14-15H2,1-2H3/b23-13-. The minimum Gasteiger partial charge on any atom is -0.496 e. The van der Waals surface area contributed by atoms with Crippen molar-refractivity contribution in [3.63, 3.8) is 0 Å². The second kappa shape index (κ2) is 9.92. The molecule has 3 aromatic rings. The van der Waals surface area contributed by atoms with Crippen molar-refractivity contribution in [1.82, 2.24) is 0 Å². The average Bonchev–Trinajstić information content (AvgIpc) is 3.14. The zero-order chi connectivity index (χ0) is 23.4. The fourth-order valence-electron chi connectivity index (χ4n) is 3.40. The number of methoxy groups -OCH3 is 1. The van der Waals surface area contributed by atoms with Gasteiger partial charge in [-0.15, -0.1) is 0 Å². The number of benzene rings is 3. The smallest absolute Gasteiger partial charge is 0.344 e. The Balaban J connectivity index is 1.46. The lowest BCUT2D eigenvalue weighted by Gasteiger charge is -2.11. The van der Waals surface area contributed by atoms with Gasteiger partial charge in [-0.1, -0.05) is 46.3 Å². The first-order valence-corrected chi connectivity index (χ1v) is 11.0. The number of halogens is 1. The van der Waals surface area contributed by atoms with Crippen molar-refractivity contribution in [1.29, 1.82) is 0 Å². The van der Waals surface area contributed by atoms with Crippen molar-refractivity contribution < 1.29 is 28.5 Å². The summed E-state index contributed by atoms with van der Waals surface area (Å²) in [6, 6.07) is 18.2. The van der Waals surface area contributed by atoms with Gasteiger partial charge in [0.25, 0.3) is 0 Å².